The minimum atomic E-state index is -0.337. The Balaban J connectivity index is 1.34. The Labute approximate surface area is 168 Å². The zero-order chi connectivity index (χ0) is 20.2. The van der Waals surface area contributed by atoms with Crippen LogP contribution in [0.2, 0.25) is 0 Å². The lowest BCUT2D eigenvalue weighted by Crippen LogP contribution is -2.31. The molecule has 0 aliphatic carbocycles. The van der Waals surface area contributed by atoms with Crippen LogP contribution in [0.25, 0.3) is 0 Å². The van der Waals surface area contributed by atoms with Gasteiger partial charge in [-0.3, -0.25) is 9.59 Å². The molecular weight excluding hydrogens is 374 g/mol. The standard InChI is InChI=1S/C21H21N3O5/c1-2-9-24-16-6-4-3-5-15(16)20(21(24)26)23-29-12-19(25)22-11-14-7-8-17-18(10-14)28-13-27-17/h3-8,10H,2,9,11-13H2,1H3,(H,22,25). The summed E-state index contributed by atoms with van der Waals surface area (Å²) >= 11 is 0. The van der Waals surface area contributed by atoms with Gasteiger partial charge in [0.15, 0.2) is 23.8 Å². The molecule has 150 valence electrons. The zero-order valence-corrected chi connectivity index (χ0v) is 16.0. The second-order valence-corrected chi connectivity index (χ2v) is 6.65. The van der Waals surface area contributed by atoms with Crippen LogP contribution in [-0.4, -0.2) is 37.5 Å². The molecule has 2 heterocycles. The monoisotopic (exact) mass is 395 g/mol. The van der Waals surface area contributed by atoms with Crippen LogP contribution in [0.5, 0.6) is 11.5 Å². The first-order valence-corrected chi connectivity index (χ1v) is 9.44. The normalized spacial score (nSPS) is 15.6. The number of nitrogens with zero attached hydrogens (tertiary/aromatic N) is 2. The van der Waals surface area contributed by atoms with E-state index in [2.05, 4.69) is 10.5 Å². The van der Waals surface area contributed by atoms with E-state index in [4.69, 9.17) is 14.3 Å². The van der Waals surface area contributed by atoms with Gasteiger partial charge in [-0.05, 0) is 30.2 Å². The summed E-state index contributed by atoms with van der Waals surface area (Å²) in [6.45, 7) is 2.85. The van der Waals surface area contributed by atoms with Crippen molar-refractivity contribution in [1.29, 1.82) is 0 Å². The van der Waals surface area contributed by atoms with Gasteiger partial charge in [0.1, 0.15) is 0 Å². The molecular formula is C21H21N3O5. The van der Waals surface area contributed by atoms with E-state index in [0.717, 1.165) is 17.7 Å². The molecule has 0 saturated carbocycles. The molecule has 0 radical (unpaired) electrons. The van der Waals surface area contributed by atoms with Crippen molar-refractivity contribution in [3.05, 3.63) is 53.6 Å². The number of para-hydroxylation sites is 1. The molecule has 2 aliphatic rings. The van der Waals surface area contributed by atoms with Gasteiger partial charge in [0.25, 0.3) is 11.8 Å². The highest BCUT2D eigenvalue weighted by atomic mass is 16.7. The predicted molar refractivity (Wildman–Crippen MR) is 106 cm³/mol. The van der Waals surface area contributed by atoms with Crippen LogP contribution < -0.4 is 19.7 Å². The summed E-state index contributed by atoms with van der Waals surface area (Å²) in [7, 11) is 0. The Hall–Kier alpha value is -3.55. The number of fused-ring (bicyclic) bond motifs is 2. The lowest BCUT2D eigenvalue weighted by Gasteiger charge is -2.14. The molecule has 8 heteroatoms. The molecule has 1 N–H and O–H groups in total. The molecule has 0 saturated heterocycles. The molecule has 0 atom stereocenters. The first-order valence-electron chi connectivity index (χ1n) is 9.44. The summed E-state index contributed by atoms with van der Waals surface area (Å²) in [6.07, 6.45) is 0.830. The number of hydrogen-bond donors (Lipinski definition) is 1. The molecule has 2 aliphatic heterocycles. The van der Waals surface area contributed by atoms with Crippen molar-refractivity contribution in [2.45, 2.75) is 19.9 Å². The maximum absolute atomic E-state index is 12.6. The van der Waals surface area contributed by atoms with Crippen molar-refractivity contribution in [2.24, 2.45) is 5.16 Å². The number of nitrogens with one attached hydrogen (secondary N) is 1. The molecule has 2 aromatic rings. The van der Waals surface area contributed by atoms with Crippen LogP contribution in [0, 0.1) is 0 Å². The Kier molecular flexibility index (Phi) is 5.33. The van der Waals surface area contributed by atoms with Gasteiger partial charge in [0, 0.05) is 18.7 Å². The highest BCUT2D eigenvalue weighted by Gasteiger charge is 2.33. The molecule has 8 nitrogen and oxygen atoms in total. The third-order valence-electron chi connectivity index (χ3n) is 4.62. The van der Waals surface area contributed by atoms with Crippen molar-refractivity contribution >= 4 is 23.2 Å². The van der Waals surface area contributed by atoms with E-state index in [1.165, 1.54) is 0 Å². The SMILES string of the molecule is CCCN1C(=O)C(=NOCC(=O)NCc2ccc3c(c2)OCO3)c2ccccc21. The third-order valence-corrected chi connectivity index (χ3v) is 4.62. The quantitative estimate of drug-likeness (QED) is 0.726. The van der Waals surface area contributed by atoms with Crippen LogP contribution in [-0.2, 0) is 21.0 Å². The van der Waals surface area contributed by atoms with E-state index >= 15 is 0 Å². The molecule has 0 aromatic heterocycles. The van der Waals surface area contributed by atoms with E-state index in [9.17, 15) is 9.59 Å². The summed E-state index contributed by atoms with van der Waals surface area (Å²) in [5.74, 6) is 0.803. The lowest BCUT2D eigenvalue weighted by molar-refractivity contribution is -0.126. The molecule has 0 fully saturated rings. The van der Waals surface area contributed by atoms with Gasteiger partial charge < -0.3 is 24.5 Å². The average Bonchev–Trinajstić information content (AvgIpc) is 3.30. The summed E-state index contributed by atoms with van der Waals surface area (Å²) in [4.78, 5) is 31.5. The molecule has 0 bridgehead atoms. The minimum Gasteiger partial charge on any atom is -0.454 e. The van der Waals surface area contributed by atoms with Gasteiger partial charge in [-0.2, -0.15) is 0 Å². The van der Waals surface area contributed by atoms with E-state index in [1.54, 1.807) is 11.0 Å². The number of anilines is 1. The van der Waals surface area contributed by atoms with E-state index < -0.39 is 0 Å². The Morgan fingerprint density at radius 2 is 2.03 bits per heavy atom. The largest absolute Gasteiger partial charge is 0.454 e. The van der Waals surface area contributed by atoms with Gasteiger partial charge in [-0.25, -0.2) is 0 Å². The van der Waals surface area contributed by atoms with Gasteiger partial charge in [0.05, 0.1) is 5.69 Å². The maximum Gasteiger partial charge on any atom is 0.281 e. The van der Waals surface area contributed by atoms with E-state index in [-0.39, 0.29) is 30.9 Å². The number of carbonyl (C=O) groups is 2. The summed E-state index contributed by atoms with van der Waals surface area (Å²) in [5.41, 5.74) is 2.63. The number of amides is 2. The minimum absolute atomic E-state index is 0.205. The fraction of sp³-hybridized carbons (Fsp3) is 0.286. The first kappa shape index (κ1) is 18.8. The van der Waals surface area contributed by atoms with Crippen LogP contribution in [0.1, 0.15) is 24.5 Å². The third kappa shape index (κ3) is 3.87. The Morgan fingerprint density at radius 1 is 1.21 bits per heavy atom. The second-order valence-electron chi connectivity index (χ2n) is 6.65. The van der Waals surface area contributed by atoms with Crippen LogP contribution >= 0.6 is 0 Å². The van der Waals surface area contributed by atoms with Gasteiger partial charge in [-0.1, -0.05) is 36.3 Å². The van der Waals surface area contributed by atoms with Crippen molar-refractivity contribution in [2.75, 3.05) is 24.8 Å². The average molecular weight is 395 g/mol. The summed E-state index contributed by atoms with van der Waals surface area (Å²) < 4.78 is 10.6. The van der Waals surface area contributed by atoms with E-state index in [1.807, 2.05) is 43.3 Å². The first-order chi connectivity index (χ1) is 14.2. The smallest absolute Gasteiger partial charge is 0.281 e. The summed E-state index contributed by atoms with van der Waals surface area (Å²) in [6, 6.07) is 12.9. The lowest BCUT2D eigenvalue weighted by atomic mass is 10.1. The maximum atomic E-state index is 12.6. The second kappa shape index (κ2) is 8.22. The Bertz CT molecular complexity index is 973. The van der Waals surface area contributed by atoms with Gasteiger partial charge >= 0.3 is 0 Å². The fourth-order valence-electron chi connectivity index (χ4n) is 3.25. The van der Waals surface area contributed by atoms with Crippen molar-refractivity contribution in [3.63, 3.8) is 0 Å². The highest BCUT2D eigenvalue weighted by molar-refractivity contribution is 6.54. The molecule has 4 rings (SSSR count). The van der Waals surface area contributed by atoms with Gasteiger partial charge in [-0.15, -0.1) is 0 Å². The molecule has 2 amide bonds. The highest BCUT2D eigenvalue weighted by Crippen LogP contribution is 2.32. The Morgan fingerprint density at radius 3 is 2.90 bits per heavy atom. The fourth-order valence-corrected chi connectivity index (χ4v) is 3.25. The van der Waals surface area contributed by atoms with Crippen molar-refractivity contribution in [1.82, 2.24) is 5.32 Å². The summed E-state index contributed by atoms with van der Waals surface area (Å²) in [5, 5.41) is 6.70. The predicted octanol–water partition coefficient (Wildman–Crippen LogP) is 2.21. The van der Waals surface area contributed by atoms with Crippen LogP contribution in [0.15, 0.2) is 47.6 Å². The number of benzene rings is 2. The molecule has 29 heavy (non-hydrogen) atoms. The zero-order valence-electron chi connectivity index (χ0n) is 16.0. The number of rotatable bonds is 7. The number of oxime groups is 1. The molecule has 2 aromatic carbocycles. The van der Waals surface area contributed by atoms with E-state index in [0.29, 0.717) is 30.2 Å². The van der Waals surface area contributed by atoms with Crippen LogP contribution in [0.4, 0.5) is 5.69 Å². The topological polar surface area (TPSA) is 89.5 Å². The number of ether oxygens (including phenoxy) is 2. The van der Waals surface area contributed by atoms with Gasteiger partial charge in [0.2, 0.25) is 6.79 Å². The van der Waals surface area contributed by atoms with Crippen LogP contribution in [0.3, 0.4) is 0 Å². The van der Waals surface area contributed by atoms with Crippen molar-refractivity contribution in [3.8, 4) is 11.5 Å². The number of carbonyl (C=O) groups excluding carboxylic acids is 2. The molecule has 0 spiro atoms. The number of hydrogen-bond acceptors (Lipinski definition) is 6. The van der Waals surface area contributed by atoms with Crippen molar-refractivity contribution < 1.29 is 23.9 Å². The molecule has 0 unspecified atom stereocenters.